The van der Waals surface area contributed by atoms with E-state index in [0.717, 1.165) is 60.6 Å². The van der Waals surface area contributed by atoms with Crippen molar-refractivity contribution in [2.75, 3.05) is 0 Å². The third-order valence-corrected chi connectivity index (χ3v) is 8.09. The van der Waals surface area contributed by atoms with Crippen LogP contribution in [0.3, 0.4) is 0 Å². The number of benzene rings is 4. The zero-order valence-corrected chi connectivity index (χ0v) is 26.6. The van der Waals surface area contributed by atoms with Gasteiger partial charge in [-0.1, -0.05) is 118 Å². The molecule has 3 heterocycles. The molecule has 45 heavy (non-hydrogen) atoms. The zero-order chi connectivity index (χ0) is 30.2. The smallest absolute Gasteiger partial charge is 0.160 e. The van der Waals surface area contributed by atoms with E-state index >= 15 is 0 Å². The minimum Gasteiger partial charge on any atom is -0.611 e. The second kappa shape index (κ2) is 12.8. The molecule has 0 amide bonds. The molecule has 3 atom stereocenters. The molecule has 1 aliphatic carbocycles. The molecule has 0 fully saturated rings. The van der Waals surface area contributed by atoms with Crippen molar-refractivity contribution in [2.24, 2.45) is 25.0 Å². The normalized spacial score (nSPS) is 19.6. The number of nitrogens with zero attached hydrogens (tertiary/aromatic N) is 6. The number of hydrogen-bond acceptors (Lipinski definition) is 5. The Hall–Kier alpha value is -4.55. The number of aliphatic imine (C=N–C) groups is 3. The fourth-order valence-electron chi connectivity index (χ4n) is 6.22. The maximum atomic E-state index is 5.27. The SMILES string of the molecule is CC.CC.[Cu].c1ccc2c(c1)C1=NC2=NC2[N-]C(N=C3[CH-]C(N=c4[cH-]c(c5ccccc45)=N1)c1ccccc13)c1ccccc12. The Morgan fingerprint density at radius 1 is 0.533 bits per heavy atom. The van der Waals surface area contributed by atoms with Gasteiger partial charge in [0.1, 0.15) is 0 Å². The summed E-state index contributed by atoms with van der Waals surface area (Å²) in [6, 6.07) is 35.1. The van der Waals surface area contributed by atoms with Crippen molar-refractivity contribution in [3.63, 3.8) is 0 Å². The molecule has 0 N–H and O–H groups in total. The molecule has 6 nitrogen and oxygen atoms in total. The Morgan fingerprint density at radius 2 is 1.07 bits per heavy atom. The maximum Gasteiger partial charge on any atom is 0.160 e. The van der Waals surface area contributed by atoms with Gasteiger partial charge in [0, 0.05) is 34.2 Å². The molecule has 0 saturated carbocycles. The minimum absolute atomic E-state index is 0. The van der Waals surface area contributed by atoms with Gasteiger partial charge in [-0.25, -0.2) is 4.99 Å². The van der Waals surface area contributed by atoms with Crippen LogP contribution < -0.4 is 10.7 Å². The van der Waals surface area contributed by atoms with E-state index in [-0.39, 0.29) is 29.3 Å². The second-order valence-corrected chi connectivity index (χ2v) is 10.4. The van der Waals surface area contributed by atoms with Gasteiger partial charge < -0.3 is 15.3 Å². The van der Waals surface area contributed by atoms with Gasteiger partial charge in [-0.15, -0.1) is 46.2 Å². The zero-order valence-electron chi connectivity index (χ0n) is 25.6. The standard InChI is InChI=1S/C34H21N6.2C2H6.Cu/c1-3-11-21-19(9-1)27-17-29(21)36-31-23-13-5-7-15-25(23)33(38-31)40-34-26-16-8-6-14-24(26)32(39-34)37-30-18-28(35-27)20-10-2-4-12-22(20)30;2*1-2;/h1-18,27,31,33H;2*1-2H3;/q-3;;;. The molecule has 5 aromatic rings. The van der Waals surface area contributed by atoms with Crippen molar-refractivity contribution in [3.05, 3.63) is 159 Å². The molecule has 4 aliphatic rings. The Kier molecular flexibility index (Phi) is 8.68. The first kappa shape index (κ1) is 30.5. The molecular formula is C38H33CuN6-3. The Labute approximate surface area is 274 Å². The monoisotopic (exact) mass is 636 g/mol. The predicted molar refractivity (Wildman–Crippen MR) is 179 cm³/mol. The summed E-state index contributed by atoms with van der Waals surface area (Å²) in [7, 11) is 0. The second-order valence-electron chi connectivity index (χ2n) is 10.4. The van der Waals surface area contributed by atoms with Gasteiger partial charge in [-0.05, 0) is 28.8 Å². The van der Waals surface area contributed by atoms with Crippen LogP contribution in [-0.2, 0) is 17.1 Å². The number of fused-ring (bicyclic) bond motifs is 19. The first-order valence-electron chi connectivity index (χ1n) is 15.5. The molecule has 1 radical (unpaired) electrons. The predicted octanol–water partition coefficient (Wildman–Crippen LogP) is 7.90. The van der Waals surface area contributed by atoms with Crippen LogP contribution in [-0.4, -0.2) is 17.4 Å². The van der Waals surface area contributed by atoms with Crippen LogP contribution in [0, 0.1) is 6.42 Å². The topological polar surface area (TPSA) is 75.9 Å². The van der Waals surface area contributed by atoms with E-state index in [2.05, 4.69) is 79.2 Å². The summed E-state index contributed by atoms with van der Waals surface area (Å²) < 4.78 is 0. The minimum atomic E-state index is -0.395. The molecule has 0 spiro atoms. The fraction of sp³-hybridized carbons (Fsp3) is 0.184. The van der Waals surface area contributed by atoms with Crippen molar-refractivity contribution in [2.45, 2.75) is 46.1 Å². The van der Waals surface area contributed by atoms with E-state index < -0.39 is 6.17 Å². The van der Waals surface area contributed by atoms with Crippen LogP contribution in [0.2, 0.25) is 0 Å². The molecule has 0 aromatic heterocycles. The Balaban J connectivity index is 0.000000689. The van der Waals surface area contributed by atoms with Crippen molar-refractivity contribution in [3.8, 4) is 0 Å². The average Bonchev–Trinajstić information content (AvgIpc) is 3.82. The first-order chi connectivity index (χ1) is 21.8. The van der Waals surface area contributed by atoms with E-state index in [4.69, 9.17) is 30.3 Å². The molecule has 7 heteroatoms. The Bertz CT molecular complexity index is 2100. The van der Waals surface area contributed by atoms with E-state index in [1.165, 1.54) is 0 Å². The van der Waals surface area contributed by atoms with Crippen molar-refractivity contribution < 1.29 is 17.1 Å². The van der Waals surface area contributed by atoms with Gasteiger partial charge in [0.05, 0.1) is 0 Å². The molecule has 3 unspecified atom stereocenters. The third kappa shape index (κ3) is 5.17. The van der Waals surface area contributed by atoms with Gasteiger partial charge in [0.2, 0.25) is 0 Å². The van der Waals surface area contributed by atoms with Gasteiger partial charge in [-0.3, -0.25) is 9.98 Å². The van der Waals surface area contributed by atoms with Crippen LogP contribution >= 0.6 is 0 Å². The van der Waals surface area contributed by atoms with Crippen LogP contribution in [0.25, 0.3) is 16.1 Å². The molecule has 0 saturated heterocycles. The summed E-state index contributed by atoms with van der Waals surface area (Å²) in [5.74, 6) is 1.31. The summed E-state index contributed by atoms with van der Waals surface area (Å²) in [6.45, 7) is 8.00. The molecule has 9 rings (SSSR count). The number of hydrogen-bond donors (Lipinski definition) is 0. The summed E-state index contributed by atoms with van der Waals surface area (Å²) in [4.78, 5) is 25.6. The van der Waals surface area contributed by atoms with Crippen LogP contribution in [0.4, 0.5) is 0 Å². The van der Waals surface area contributed by atoms with E-state index in [1.54, 1.807) is 0 Å². The summed E-state index contributed by atoms with van der Waals surface area (Å²) in [5.41, 5.74) is 7.24. The largest absolute Gasteiger partial charge is 0.611 e. The van der Waals surface area contributed by atoms with Crippen LogP contribution in [0.15, 0.2) is 128 Å². The Morgan fingerprint density at radius 3 is 1.76 bits per heavy atom. The van der Waals surface area contributed by atoms with Crippen LogP contribution in [0.1, 0.15) is 79.4 Å². The fourth-order valence-corrected chi connectivity index (χ4v) is 6.22. The summed E-state index contributed by atoms with van der Waals surface area (Å²) in [6.07, 6.45) is 1.41. The average molecular weight is 637 g/mol. The number of amidine groups is 2. The summed E-state index contributed by atoms with van der Waals surface area (Å²) in [5, 5.41) is 8.99. The summed E-state index contributed by atoms with van der Waals surface area (Å²) >= 11 is 0. The molecule has 8 bridgehead atoms. The van der Waals surface area contributed by atoms with Gasteiger partial charge in [-0.2, -0.15) is 6.42 Å². The van der Waals surface area contributed by atoms with E-state index in [9.17, 15) is 0 Å². The van der Waals surface area contributed by atoms with Gasteiger partial charge >= 0.3 is 0 Å². The molecular weight excluding hydrogens is 604 g/mol. The molecule has 3 aliphatic heterocycles. The van der Waals surface area contributed by atoms with Gasteiger partial charge in [0.15, 0.2) is 11.7 Å². The van der Waals surface area contributed by atoms with E-state index in [0.29, 0.717) is 11.7 Å². The van der Waals surface area contributed by atoms with Crippen LogP contribution in [0.5, 0.6) is 0 Å². The van der Waals surface area contributed by atoms with Gasteiger partial charge in [0.25, 0.3) is 0 Å². The van der Waals surface area contributed by atoms with Crippen molar-refractivity contribution in [1.82, 2.24) is 0 Å². The molecule has 5 aromatic carbocycles. The van der Waals surface area contributed by atoms with Crippen molar-refractivity contribution >= 4 is 28.2 Å². The van der Waals surface area contributed by atoms with E-state index in [1.807, 2.05) is 58.0 Å². The third-order valence-electron chi connectivity index (χ3n) is 8.09. The first-order valence-corrected chi connectivity index (χ1v) is 15.5. The number of rotatable bonds is 0. The van der Waals surface area contributed by atoms with Crippen molar-refractivity contribution in [1.29, 1.82) is 0 Å². The maximum absolute atomic E-state index is 5.27. The molecule has 229 valence electrons. The quantitative estimate of drug-likeness (QED) is 0.122.